The van der Waals surface area contributed by atoms with Crippen LogP contribution in [0, 0.1) is 0 Å². The van der Waals surface area contributed by atoms with Gasteiger partial charge in [-0.05, 0) is 12.1 Å². The van der Waals surface area contributed by atoms with E-state index >= 15 is 0 Å². The second kappa shape index (κ2) is 3.14. The molecule has 68 valence electrons. The van der Waals surface area contributed by atoms with Crippen LogP contribution in [-0.2, 0) is 0 Å². The Labute approximate surface area is 79.0 Å². The predicted octanol–water partition coefficient (Wildman–Crippen LogP) is 2.15. The standard InChI is InChI=1S/C8H5ClO4/c9-8(10)13-6-3-1-2-5-7(6)12-4-11-5/h1-3H,4H2. The zero-order chi connectivity index (χ0) is 9.26. The van der Waals surface area contributed by atoms with Gasteiger partial charge >= 0.3 is 5.43 Å². The van der Waals surface area contributed by atoms with Crippen LogP contribution in [0.4, 0.5) is 4.79 Å². The van der Waals surface area contributed by atoms with Gasteiger partial charge in [0, 0.05) is 11.6 Å². The van der Waals surface area contributed by atoms with E-state index in [9.17, 15) is 4.79 Å². The molecule has 0 saturated heterocycles. The van der Waals surface area contributed by atoms with Crippen molar-refractivity contribution in [3.8, 4) is 17.2 Å². The fourth-order valence-electron chi connectivity index (χ4n) is 1.07. The average Bonchev–Trinajstić information content (AvgIpc) is 2.51. The van der Waals surface area contributed by atoms with Crippen molar-refractivity contribution in [2.24, 2.45) is 0 Å². The third-order valence-electron chi connectivity index (χ3n) is 1.55. The molecule has 0 fully saturated rings. The van der Waals surface area contributed by atoms with Crippen LogP contribution in [0.25, 0.3) is 0 Å². The Balaban J connectivity index is 2.36. The number of ether oxygens (including phenoxy) is 3. The van der Waals surface area contributed by atoms with Gasteiger partial charge in [0.1, 0.15) is 0 Å². The highest BCUT2D eigenvalue weighted by atomic mass is 35.5. The van der Waals surface area contributed by atoms with Gasteiger partial charge in [0.2, 0.25) is 12.5 Å². The number of para-hydroxylation sites is 1. The summed E-state index contributed by atoms with van der Waals surface area (Å²) in [5.74, 6) is 1.24. The van der Waals surface area contributed by atoms with Crippen LogP contribution < -0.4 is 14.2 Å². The summed E-state index contributed by atoms with van der Waals surface area (Å²) in [6, 6.07) is 4.98. The Kier molecular flexibility index (Phi) is 1.98. The first-order valence-electron chi connectivity index (χ1n) is 3.53. The first kappa shape index (κ1) is 8.19. The summed E-state index contributed by atoms with van der Waals surface area (Å²) in [6.45, 7) is 0.131. The number of hydrogen-bond donors (Lipinski definition) is 0. The number of fused-ring (bicyclic) bond motifs is 1. The third-order valence-corrected chi connectivity index (χ3v) is 1.63. The minimum absolute atomic E-state index is 0.131. The number of carbonyl (C=O) groups is 1. The third kappa shape index (κ3) is 1.53. The number of hydrogen-bond acceptors (Lipinski definition) is 4. The zero-order valence-corrected chi connectivity index (χ0v) is 7.21. The molecule has 0 amide bonds. The molecule has 0 aromatic heterocycles. The number of benzene rings is 1. The molecule has 5 heteroatoms. The molecule has 1 aromatic carbocycles. The van der Waals surface area contributed by atoms with Crippen molar-refractivity contribution in [1.29, 1.82) is 0 Å². The number of carbonyl (C=O) groups excluding carboxylic acids is 1. The van der Waals surface area contributed by atoms with E-state index in [1.54, 1.807) is 18.2 Å². The molecule has 13 heavy (non-hydrogen) atoms. The SMILES string of the molecule is O=C(Cl)Oc1cccc2c1OCO2. The molecule has 1 aromatic rings. The maximum absolute atomic E-state index is 10.5. The summed E-state index contributed by atoms with van der Waals surface area (Å²) >= 11 is 5.06. The highest BCUT2D eigenvalue weighted by Crippen LogP contribution is 2.40. The second-order valence-electron chi connectivity index (χ2n) is 2.33. The van der Waals surface area contributed by atoms with Gasteiger partial charge in [0.15, 0.2) is 11.5 Å². The van der Waals surface area contributed by atoms with Crippen LogP contribution in [0.1, 0.15) is 0 Å². The Morgan fingerprint density at radius 3 is 3.08 bits per heavy atom. The highest BCUT2D eigenvalue weighted by Gasteiger charge is 2.19. The van der Waals surface area contributed by atoms with Crippen molar-refractivity contribution >= 4 is 17.0 Å². The van der Waals surface area contributed by atoms with Gasteiger partial charge in [-0.2, -0.15) is 0 Å². The monoisotopic (exact) mass is 200 g/mol. The molecule has 1 heterocycles. The topological polar surface area (TPSA) is 44.8 Å². The molecule has 1 aliphatic rings. The van der Waals surface area contributed by atoms with Gasteiger partial charge in [0.25, 0.3) is 0 Å². The first-order chi connectivity index (χ1) is 6.27. The molecular formula is C8H5ClO4. The molecule has 0 radical (unpaired) electrons. The van der Waals surface area contributed by atoms with Gasteiger partial charge in [-0.15, -0.1) is 0 Å². The maximum atomic E-state index is 10.5. The Morgan fingerprint density at radius 2 is 2.31 bits per heavy atom. The molecule has 0 N–H and O–H groups in total. The summed E-state index contributed by atoms with van der Waals surface area (Å²) < 4.78 is 14.8. The van der Waals surface area contributed by atoms with E-state index in [-0.39, 0.29) is 12.5 Å². The van der Waals surface area contributed by atoms with Crippen molar-refractivity contribution in [2.45, 2.75) is 0 Å². The lowest BCUT2D eigenvalue weighted by Crippen LogP contribution is -1.98. The summed E-state index contributed by atoms with van der Waals surface area (Å²) in [7, 11) is 0. The summed E-state index contributed by atoms with van der Waals surface area (Å²) in [5.41, 5.74) is -0.899. The normalized spacial score (nSPS) is 12.7. The van der Waals surface area contributed by atoms with Crippen molar-refractivity contribution < 1.29 is 19.0 Å². The molecule has 0 unspecified atom stereocenters. The van der Waals surface area contributed by atoms with Crippen LogP contribution in [0.15, 0.2) is 18.2 Å². The largest absolute Gasteiger partial charge is 0.453 e. The lowest BCUT2D eigenvalue weighted by molar-refractivity contribution is 0.170. The minimum atomic E-state index is -0.899. The molecule has 0 atom stereocenters. The minimum Gasteiger partial charge on any atom is -0.453 e. The van der Waals surface area contributed by atoms with Gasteiger partial charge in [-0.25, -0.2) is 4.79 Å². The van der Waals surface area contributed by atoms with Crippen molar-refractivity contribution in [2.75, 3.05) is 6.79 Å². The van der Waals surface area contributed by atoms with E-state index in [0.29, 0.717) is 11.5 Å². The number of rotatable bonds is 1. The Morgan fingerprint density at radius 1 is 1.46 bits per heavy atom. The molecule has 0 spiro atoms. The van der Waals surface area contributed by atoms with E-state index < -0.39 is 5.43 Å². The molecule has 0 bridgehead atoms. The van der Waals surface area contributed by atoms with Gasteiger partial charge in [-0.1, -0.05) is 6.07 Å². The lowest BCUT2D eigenvalue weighted by atomic mass is 10.3. The van der Waals surface area contributed by atoms with Crippen molar-refractivity contribution in [1.82, 2.24) is 0 Å². The maximum Gasteiger partial charge on any atom is 0.409 e. The van der Waals surface area contributed by atoms with Crippen LogP contribution in [0.2, 0.25) is 0 Å². The molecule has 4 nitrogen and oxygen atoms in total. The molecule has 1 aliphatic heterocycles. The van der Waals surface area contributed by atoms with Gasteiger partial charge in [-0.3, -0.25) is 0 Å². The van der Waals surface area contributed by atoms with E-state index in [1.165, 1.54) is 0 Å². The van der Waals surface area contributed by atoms with Crippen LogP contribution in [0.3, 0.4) is 0 Å². The van der Waals surface area contributed by atoms with Crippen LogP contribution in [-0.4, -0.2) is 12.2 Å². The fraction of sp³-hybridized carbons (Fsp3) is 0.125. The fourth-order valence-corrected chi connectivity index (χ4v) is 1.15. The van der Waals surface area contributed by atoms with Crippen molar-refractivity contribution in [3.63, 3.8) is 0 Å². The van der Waals surface area contributed by atoms with E-state index in [1.807, 2.05) is 0 Å². The quantitative estimate of drug-likeness (QED) is 0.652. The average molecular weight is 201 g/mol. The van der Waals surface area contributed by atoms with Gasteiger partial charge in [0.05, 0.1) is 0 Å². The summed E-state index contributed by atoms with van der Waals surface area (Å²) in [6.07, 6.45) is 0. The van der Waals surface area contributed by atoms with Crippen molar-refractivity contribution in [3.05, 3.63) is 18.2 Å². The van der Waals surface area contributed by atoms with E-state index in [2.05, 4.69) is 4.74 Å². The van der Waals surface area contributed by atoms with Crippen LogP contribution >= 0.6 is 11.6 Å². The smallest absolute Gasteiger partial charge is 0.409 e. The molecule has 0 aliphatic carbocycles. The second-order valence-corrected chi connectivity index (χ2v) is 2.64. The summed E-state index contributed by atoms with van der Waals surface area (Å²) in [4.78, 5) is 10.5. The Bertz CT molecular complexity index is 350. The molecular weight excluding hydrogens is 196 g/mol. The number of halogens is 1. The highest BCUT2D eigenvalue weighted by molar-refractivity contribution is 6.61. The molecule has 2 rings (SSSR count). The summed E-state index contributed by atoms with van der Waals surface area (Å²) in [5, 5.41) is 0. The predicted molar refractivity (Wildman–Crippen MR) is 44.4 cm³/mol. The first-order valence-corrected chi connectivity index (χ1v) is 3.91. The molecule has 0 saturated carbocycles. The van der Waals surface area contributed by atoms with Gasteiger partial charge < -0.3 is 14.2 Å². The van der Waals surface area contributed by atoms with E-state index in [0.717, 1.165) is 0 Å². The zero-order valence-electron chi connectivity index (χ0n) is 6.45. The Hall–Kier alpha value is -1.42. The van der Waals surface area contributed by atoms with Crippen LogP contribution in [0.5, 0.6) is 17.2 Å². The lowest BCUT2D eigenvalue weighted by Gasteiger charge is -2.02. The van der Waals surface area contributed by atoms with E-state index in [4.69, 9.17) is 21.1 Å².